The van der Waals surface area contributed by atoms with Gasteiger partial charge in [-0.15, -0.1) is 0 Å². The van der Waals surface area contributed by atoms with Gasteiger partial charge in [-0.3, -0.25) is 4.98 Å². The summed E-state index contributed by atoms with van der Waals surface area (Å²) in [6.45, 7) is 2.82. The summed E-state index contributed by atoms with van der Waals surface area (Å²) in [4.78, 5) is 8.59. The molecule has 0 N–H and O–H groups in total. The summed E-state index contributed by atoms with van der Waals surface area (Å²) in [6.07, 6.45) is 5.74. The minimum Gasteiger partial charge on any atom is -0.331 e. The van der Waals surface area contributed by atoms with Crippen LogP contribution in [0.2, 0.25) is 0 Å². The Kier molecular flexibility index (Phi) is 3.16. The van der Waals surface area contributed by atoms with Crippen molar-refractivity contribution in [3.63, 3.8) is 0 Å². The van der Waals surface area contributed by atoms with Gasteiger partial charge in [0.2, 0.25) is 0 Å². The molecule has 0 atom stereocenters. The van der Waals surface area contributed by atoms with E-state index in [9.17, 15) is 0 Å². The SMILES string of the molecule is Cc1ccc(Cn2cnc(CBr)c2)nc1. The van der Waals surface area contributed by atoms with E-state index in [1.54, 1.807) is 0 Å². The molecular formula is C11H12BrN3. The molecule has 2 rings (SSSR count). The van der Waals surface area contributed by atoms with E-state index in [1.165, 1.54) is 5.56 Å². The van der Waals surface area contributed by atoms with E-state index in [1.807, 2.05) is 36.3 Å². The van der Waals surface area contributed by atoms with Crippen LogP contribution in [0.1, 0.15) is 17.0 Å². The summed E-state index contributed by atoms with van der Waals surface area (Å²) in [7, 11) is 0. The number of aromatic nitrogens is 3. The van der Waals surface area contributed by atoms with Gasteiger partial charge < -0.3 is 4.57 Å². The van der Waals surface area contributed by atoms with Crippen LogP contribution in [0, 0.1) is 6.92 Å². The van der Waals surface area contributed by atoms with Gasteiger partial charge in [-0.1, -0.05) is 22.0 Å². The molecule has 2 aromatic rings. The highest BCUT2D eigenvalue weighted by Gasteiger charge is 1.99. The number of halogens is 1. The predicted molar refractivity (Wildman–Crippen MR) is 62.9 cm³/mol. The van der Waals surface area contributed by atoms with Gasteiger partial charge in [0.05, 0.1) is 24.3 Å². The van der Waals surface area contributed by atoms with Gasteiger partial charge in [0.15, 0.2) is 0 Å². The predicted octanol–water partition coefficient (Wildman–Crippen LogP) is 2.53. The third-order valence-corrected chi connectivity index (χ3v) is 2.72. The molecule has 0 saturated heterocycles. The summed E-state index contributed by atoms with van der Waals surface area (Å²) in [5.74, 6) is 0. The summed E-state index contributed by atoms with van der Waals surface area (Å²) < 4.78 is 2.04. The van der Waals surface area contributed by atoms with Crippen molar-refractivity contribution in [3.8, 4) is 0 Å². The van der Waals surface area contributed by atoms with Gasteiger partial charge in [0.25, 0.3) is 0 Å². The van der Waals surface area contributed by atoms with Gasteiger partial charge in [0, 0.05) is 17.7 Å². The fourth-order valence-electron chi connectivity index (χ4n) is 1.34. The molecule has 4 heteroatoms. The standard InChI is InChI=1S/C11H12BrN3/c1-9-2-3-10(13-5-9)6-15-7-11(4-12)14-8-15/h2-3,5,7-8H,4,6H2,1H3. The number of hydrogen-bond acceptors (Lipinski definition) is 2. The second-order valence-corrected chi connectivity index (χ2v) is 4.06. The topological polar surface area (TPSA) is 30.7 Å². The van der Waals surface area contributed by atoms with E-state index >= 15 is 0 Å². The first kappa shape index (κ1) is 10.4. The number of imidazole rings is 1. The number of pyridine rings is 1. The Balaban J connectivity index is 2.11. The molecule has 0 radical (unpaired) electrons. The molecule has 3 nitrogen and oxygen atoms in total. The zero-order valence-corrected chi connectivity index (χ0v) is 10.1. The van der Waals surface area contributed by atoms with Gasteiger partial charge in [-0.2, -0.15) is 0 Å². The second-order valence-electron chi connectivity index (χ2n) is 3.50. The molecular weight excluding hydrogens is 254 g/mol. The molecule has 0 unspecified atom stereocenters. The lowest BCUT2D eigenvalue weighted by molar-refractivity contribution is 0.772. The van der Waals surface area contributed by atoms with E-state index in [2.05, 4.69) is 32.0 Å². The first-order valence-corrected chi connectivity index (χ1v) is 5.88. The molecule has 0 fully saturated rings. The highest BCUT2D eigenvalue weighted by Crippen LogP contribution is 2.05. The maximum Gasteiger partial charge on any atom is 0.0953 e. The monoisotopic (exact) mass is 265 g/mol. The van der Waals surface area contributed by atoms with Crippen molar-refractivity contribution >= 4 is 15.9 Å². The Morgan fingerprint density at radius 3 is 2.73 bits per heavy atom. The van der Waals surface area contributed by atoms with Crippen LogP contribution in [0.5, 0.6) is 0 Å². The Labute approximate surface area is 97.3 Å². The van der Waals surface area contributed by atoms with Crippen molar-refractivity contribution in [1.29, 1.82) is 0 Å². The largest absolute Gasteiger partial charge is 0.331 e. The molecule has 0 saturated carbocycles. The highest BCUT2D eigenvalue weighted by molar-refractivity contribution is 9.08. The lowest BCUT2D eigenvalue weighted by Gasteiger charge is -2.01. The summed E-state index contributed by atoms with van der Waals surface area (Å²) in [5, 5.41) is 0.793. The summed E-state index contributed by atoms with van der Waals surface area (Å²) >= 11 is 3.37. The minimum absolute atomic E-state index is 0.778. The Morgan fingerprint density at radius 1 is 1.27 bits per heavy atom. The van der Waals surface area contributed by atoms with Crippen LogP contribution in [0.15, 0.2) is 30.9 Å². The third-order valence-electron chi connectivity index (χ3n) is 2.14. The number of nitrogens with zero attached hydrogens (tertiary/aromatic N) is 3. The number of alkyl halides is 1. The fraction of sp³-hybridized carbons (Fsp3) is 0.273. The van der Waals surface area contributed by atoms with E-state index in [4.69, 9.17) is 0 Å². The quantitative estimate of drug-likeness (QED) is 0.799. The average molecular weight is 266 g/mol. The van der Waals surface area contributed by atoms with E-state index < -0.39 is 0 Å². The first-order chi connectivity index (χ1) is 7.28. The Morgan fingerprint density at radius 2 is 2.13 bits per heavy atom. The first-order valence-electron chi connectivity index (χ1n) is 4.76. The van der Waals surface area contributed by atoms with Crippen LogP contribution in [0.25, 0.3) is 0 Å². The van der Waals surface area contributed by atoms with Crippen LogP contribution in [0.4, 0.5) is 0 Å². The molecule has 0 spiro atoms. The van der Waals surface area contributed by atoms with Gasteiger partial charge >= 0.3 is 0 Å². The molecule has 78 valence electrons. The number of rotatable bonds is 3. The molecule has 0 aliphatic carbocycles. The molecule has 0 aliphatic heterocycles. The van der Waals surface area contributed by atoms with Crippen LogP contribution in [0.3, 0.4) is 0 Å². The maximum atomic E-state index is 4.35. The molecule has 2 heterocycles. The second kappa shape index (κ2) is 4.57. The van der Waals surface area contributed by atoms with Crippen molar-refractivity contribution in [2.24, 2.45) is 0 Å². The average Bonchev–Trinajstić information content (AvgIpc) is 2.69. The minimum atomic E-state index is 0.778. The van der Waals surface area contributed by atoms with Gasteiger partial charge in [-0.05, 0) is 18.6 Å². The number of aryl methyl sites for hydroxylation is 1. The lowest BCUT2D eigenvalue weighted by atomic mass is 10.3. The van der Waals surface area contributed by atoms with Gasteiger partial charge in [-0.25, -0.2) is 4.98 Å². The van der Waals surface area contributed by atoms with Crippen molar-refractivity contribution < 1.29 is 0 Å². The number of hydrogen-bond donors (Lipinski definition) is 0. The molecule has 2 aromatic heterocycles. The van der Waals surface area contributed by atoms with E-state index in [0.717, 1.165) is 23.3 Å². The van der Waals surface area contributed by atoms with Crippen molar-refractivity contribution in [1.82, 2.24) is 14.5 Å². The third kappa shape index (κ3) is 2.65. The van der Waals surface area contributed by atoms with Crippen molar-refractivity contribution in [2.45, 2.75) is 18.8 Å². The Bertz CT molecular complexity index is 433. The van der Waals surface area contributed by atoms with Crippen molar-refractivity contribution in [3.05, 3.63) is 47.8 Å². The summed E-state index contributed by atoms with van der Waals surface area (Å²) in [5.41, 5.74) is 3.28. The van der Waals surface area contributed by atoms with Crippen LogP contribution in [-0.2, 0) is 11.9 Å². The summed E-state index contributed by atoms with van der Waals surface area (Å²) in [6, 6.07) is 4.12. The molecule has 15 heavy (non-hydrogen) atoms. The van der Waals surface area contributed by atoms with E-state index in [0.29, 0.717) is 0 Å². The molecule has 0 amide bonds. The van der Waals surface area contributed by atoms with Crippen molar-refractivity contribution in [2.75, 3.05) is 0 Å². The van der Waals surface area contributed by atoms with E-state index in [-0.39, 0.29) is 0 Å². The Hall–Kier alpha value is -1.16. The van der Waals surface area contributed by atoms with Gasteiger partial charge in [0.1, 0.15) is 0 Å². The van der Waals surface area contributed by atoms with Crippen LogP contribution < -0.4 is 0 Å². The lowest BCUT2D eigenvalue weighted by Crippen LogP contribution is -1.98. The molecule has 0 aliphatic rings. The normalized spacial score (nSPS) is 10.5. The highest BCUT2D eigenvalue weighted by atomic mass is 79.9. The zero-order valence-electron chi connectivity index (χ0n) is 8.52. The van der Waals surface area contributed by atoms with Crippen LogP contribution >= 0.6 is 15.9 Å². The zero-order chi connectivity index (χ0) is 10.7. The fourth-order valence-corrected chi connectivity index (χ4v) is 1.63. The maximum absolute atomic E-state index is 4.35. The smallest absolute Gasteiger partial charge is 0.0953 e. The molecule has 0 bridgehead atoms. The molecule has 0 aromatic carbocycles. The van der Waals surface area contributed by atoms with Crippen LogP contribution in [-0.4, -0.2) is 14.5 Å².